The van der Waals surface area contributed by atoms with Gasteiger partial charge in [-0.2, -0.15) is 0 Å². The predicted molar refractivity (Wildman–Crippen MR) is 40.1 cm³/mol. The first-order chi connectivity index (χ1) is 6.06. The van der Waals surface area contributed by atoms with Crippen LogP contribution in [-0.4, -0.2) is 33.9 Å². The van der Waals surface area contributed by atoms with E-state index in [4.69, 9.17) is 14.9 Å². The third kappa shape index (κ3) is 0.972. The van der Waals surface area contributed by atoms with Gasteiger partial charge in [-0.3, -0.25) is 0 Å². The zero-order valence-corrected chi connectivity index (χ0v) is 6.43. The van der Waals surface area contributed by atoms with Crippen LogP contribution >= 0.6 is 0 Å². The molecule has 0 saturated carbocycles. The van der Waals surface area contributed by atoms with Crippen LogP contribution in [0, 0.1) is 0 Å². The Morgan fingerprint density at radius 1 is 1.46 bits per heavy atom. The second kappa shape index (κ2) is 2.20. The Morgan fingerprint density at radius 2 is 2.15 bits per heavy atom. The van der Waals surface area contributed by atoms with Crippen molar-refractivity contribution in [3.05, 3.63) is 23.8 Å². The summed E-state index contributed by atoms with van der Waals surface area (Å²) in [5.41, 5.74) is -1.22. The highest BCUT2D eigenvalue weighted by Gasteiger charge is 2.61. The Morgan fingerprint density at radius 3 is 2.62 bits per heavy atom. The van der Waals surface area contributed by atoms with Gasteiger partial charge < -0.3 is 14.9 Å². The Hall–Kier alpha value is -1.62. The minimum Gasteiger partial charge on any atom is -0.479 e. The van der Waals surface area contributed by atoms with E-state index in [9.17, 15) is 9.59 Å². The topological polar surface area (TPSA) is 87.1 Å². The lowest BCUT2D eigenvalue weighted by Crippen LogP contribution is -2.26. The second-order valence-electron chi connectivity index (χ2n) is 2.90. The van der Waals surface area contributed by atoms with Crippen molar-refractivity contribution in [2.45, 2.75) is 11.7 Å². The van der Waals surface area contributed by atoms with Crippen LogP contribution in [0.4, 0.5) is 0 Å². The highest BCUT2D eigenvalue weighted by atomic mass is 16.6. The van der Waals surface area contributed by atoms with E-state index in [0.29, 0.717) is 0 Å². The van der Waals surface area contributed by atoms with Crippen molar-refractivity contribution in [2.24, 2.45) is 0 Å². The van der Waals surface area contributed by atoms with Crippen molar-refractivity contribution in [1.82, 2.24) is 0 Å². The molecule has 68 valence electrons. The monoisotopic (exact) mass is 182 g/mol. The van der Waals surface area contributed by atoms with Gasteiger partial charge in [-0.05, 0) is 18.2 Å². The summed E-state index contributed by atoms with van der Waals surface area (Å²) in [5, 5.41) is 17.3. The van der Waals surface area contributed by atoms with Gasteiger partial charge in [0.25, 0.3) is 0 Å². The SMILES string of the molecule is O=C(O)C1=CC2OC2(C(=O)O)C=C1. The van der Waals surface area contributed by atoms with E-state index in [1.165, 1.54) is 18.2 Å². The van der Waals surface area contributed by atoms with Gasteiger partial charge in [0, 0.05) is 0 Å². The molecule has 2 N–H and O–H groups in total. The van der Waals surface area contributed by atoms with Gasteiger partial charge in [0.2, 0.25) is 5.60 Å². The smallest absolute Gasteiger partial charge is 0.343 e. The summed E-state index contributed by atoms with van der Waals surface area (Å²) in [6.07, 6.45) is 3.20. The normalized spacial score (nSPS) is 34.8. The number of epoxide rings is 1. The number of fused-ring (bicyclic) bond motifs is 1. The average Bonchev–Trinajstić information content (AvgIpc) is 2.77. The summed E-state index contributed by atoms with van der Waals surface area (Å²) in [4.78, 5) is 21.1. The number of ether oxygens (including phenoxy) is 1. The summed E-state index contributed by atoms with van der Waals surface area (Å²) >= 11 is 0. The van der Waals surface area contributed by atoms with E-state index in [1.807, 2.05) is 0 Å². The molecule has 5 heteroatoms. The Balaban J connectivity index is 2.26. The molecule has 1 saturated heterocycles. The number of carbonyl (C=O) groups is 2. The largest absolute Gasteiger partial charge is 0.479 e. The quantitative estimate of drug-likeness (QED) is 0.577. The molecule has 0 radical (unpaired) electrons. The molecule has 1 fully saturated rings. The fourth-order valence-electron chi connectivity index (χ4n) is 1.29. The number of aliphatic carboxylic acids is 2. The van der Waals surface area contributed by atoms with Gasteiger partial charge in [-0.25, -0.2) is 9.59 Å². The van der Waals surface area contributed by atoms with Crippen LogP contribution in [0.15, 0.2) is 23.8 Å². The lowest BCUT2D eigenvalue weighted by atomic mass is 9.97. The van der Waals surface area contributed by atoms with E-state index < -0.39 is 23.6 Å². The maximum atomic E-state index is 10.6. The Labute approximate surface area is 72.9 Å². The lowest BCUT2D eigenvalue weighted by molar-refractivity contribution is -0.141. The summed E-state index contributed by atoms with van der Waals surface area (Å²) in [5.74, 6) is -2.17. The van der Waals surface area contributed by atoms with Crippen molar-refractivity contribution in [1.29, 1.82) is 0 Å². The standard InChI is InChI=1S/C8H6O5/c9-6(10)4-1-2-8(7(11)12)5(3-4)13-8/h1-3,5H,(H,9,10)(H,11,12). The minimum atomic E-state index is -1.29. The molecule has 0 spiro atoms. The highest BCUT2D eigenvalue weighted by molar-refractivity contribution is 5.94. The molecular formula is C8H6O5. The van der Waals surface area contributed by atoms with E-state index in [1.54, 1.807) is 0 Å². The van der Waals surface area contributed by atoms with Crippen LogP contribution in [0.3, 0.4) is 0 Å². The third-order valence-corrected chi connectivity index (χ3v) is 2.11. The second-order valence-corrected chi connectivity index (χ2v) is 2.90. The number of rotatable bonds is 2. The fraction of sp³-hybridized carbons (Fsp3) is 0.250. The van der Waals surface area contributed by atoms with Gasteiger partial charge in [0.15, 0.2) is 0 Å². The van der Waals surface area contributed by atoms with Gasteiger partial charge in [-0.1, -0.05) is 0 Å². The lowest BCUT2D eigenvalue weighted by Gasteiger charge is -2.04. The summed E-state index contributed by atoms with van der Waals surface area (Å²) < 4.78 is 4.88. The molecule has 2 aliphatic rings. The van der Waals surface area contributed by atoms with Crippen molar-refractivity contribution in [3.8, 4) is 0 Å². The third-order valence-electron chi connectivity index (χ3n) is 2.11. The van der Waals surface area contributed by atoms with Gasteiger partial charge in [-0.15, -0.1) is 0 Å². The van der Waals surface area contributed by atoms with Crippen LogP contribution in [0.25, 0.3) is 0 Å². The molecule has 0 aromatic heterocycles. The molecule has 0 amide bonds. The van der Waals surface area contributed by atoms with E-state index >= 15 is 0 Å². The van der Waals surface area contributed by atoms with Crippen molar-refractivity contribution in [3.63, 3.8) is 0 Å². The van der Waals surface area contributed by atoms with Crippen LogP contribution in [-0.2, 0) is 14.3 Å². The first kappa shape index (κ1) is 8.00. The van der Waals surface area contributed by atoms with Crippen molar-refractivity contribution in [2.75, 3.05) is 0 Å². The molecule has 5 nitrogen and oxygen atoms in total. The maximum Gasteiger partial charge on any atom is 0.343 e. The van der Waals surface area contributed by atoms with Gasteiger partial charge >= 0.3 is 11.9 Å². The molecule has 0 bridgehead atoms. The zero-order valence-electron chi connectivity index (χ0n) is 6.43. The Kier molecular flexibility index (Phi) is 1.35. The molecular weight excluding hydrogens is 176 g/mol. The first-order valence-corrected chi connectivity index (χ1v) is 3.62. The summed E-state index contributed by atoms with van der Waals surface area (Å²) in [6, 6.07) is 0. The molecule has 2 unspecified atom stereocenters. The van der Waals surface area contributed by atoms with Crippen LogP contribution < -0.4 is 0 Å². The van der Waals surface area contributed by atoms with Crippen molar-refractivity contribution >= 4 is 11.9 Å². The van der Waals surface area contributed by atoms with Gasteiger partial charge in [0.05, 0.1) is 5.57 Å². The molecule has 0 aromatic carbocycles. The zero-order chi connectivity index (χ0) is 9.64. The number of carboxylic acid groups (broad SMARTS) is 2. The molecule has 13 heavy (non-hydrogen) atoms. The van der Waals surface area contributed by atoms with E-state index in [0.717, 1.165) is 0 Å². The average molecular weight is 182 g/mol. The fourth-order valence-corrected chi connectivity index (χ4v) is 1.29. The van der Waals surface area contributed by atoms with Crippen molar-refractivity contribution < 1.29 is 24.5 Å². The number of hydrogen-bond donors (Lipinski definition) is 2. The summed E-state index contributed by atoms with van der Waals surface area (Å²) in [6.45, 7) is 0. The molecule has 0 aromatic rings. The van der Waals surface area contributed by atoms with Gasteiger partial charge in [0.1, 0.15) is 6.10 Å². The minimum absolute atomic E-state index is 0.0689. The van der Waals surface area contributed by atoms with Crippen LogP contribution in [0.1, 0.15) is 0 Å². The van der Waals surface area contributed by atoms with E-state index in [-0.39, 0.29) is 5.57 Å². The van der Waals surface area contributed by atoms with Crippen LogP contribution in [0.5, 0.6) is 0 Å². The highest BCUT2D eigenvalue weighted by Crippen LogP contribution is 2.42. The molecule has 1 heterocycles. The molecule has 1 aliphatic carbocycles. The first-order valence-electron chi connectivity index (χ1n) is 3.62. The van der Waals surface area contributed by atoms with E-state index in [2.05, 4.69) is 0 Å². The maximum absolute atomic E-state index is 10.6. The molecule has 1 aliphatic heterocycles. The summed E-state index contributed by atoms with van der Waals surface area (Å²) in [7, 11) is 0. The number of carboxylic acids is 2. The predicted octanol–water partition coefficient (Wildman–Crippen LogP) is -0.211. The van der Waals surface area contributed by atoms with Crippen LogP contribution in [0.2, 0.25) is 0 Å². The molecule has 2 atom stereocenters. The number of hydrogen-bond acceptors (Lipinski definition) is 3. The Bertz CT molecular complexity index is 354. The molecule has 2 rings (SSSR count).